The van der Waals surface area contributed by atoms with Crippen LogP contribution in [0.5, 0.6) is 5.75 Å². The molecule has 0 saturated heterocycles. The van der Waals surface area contributed by atoms with E-state index in [0.29, 0.717) is 11.7 Å². The molecule has 1 saturated carbocycles. The normalized spacial score (nSPS) is 24.3. The summed E-state index contributed by atoms with van der Waals surface area (Å²) in [6.45, 7) is 0. The van der Waals surface area contributed by atoms with Crippen LogP contribution < -0.4 is 4.74 Å². The van der Waals surface area contributed by atoms with Crippen molar-refractivity contribution in [3.63, 3.8) is 0 Å². The van der Waals surface area contributed by atoms with Crippen molar-refractivity contribution in [1.82, 2.24) is 0 Å². The molecule has 0 bridgehead atoms. The lowest BCUT2D eigenvalue weighted by atomic mass is 9.95. The van der Waals surface area contributed by atoms with Gasteiger partial charge in [0.2, 0.25) is 0 Å². The van der Waals surface area contributed by atoms with Crippen LogP contribution in [0.15, 0.2) is 24.3 Å². The van der Waals surface area contributed by atoms with Gasteiger partial charge in [-0.15, -0.1) is 0 Å². The van der Waals surface area contributed by atoms with E-state index in [0.717, 1.165) is 37.7 Å². The summed E-state index contributed by atoms with van der Waals surface area (Å²) >= 11 is 0. The Morgan fingerprint density at radius 1 is 1.18 bits per heavy atom. The number of ether oxygens (including phenoxy) is 2. The van der Waals surface area contributed by atoms with Gasteiger partial charge in [0, 0.05) is 19.1 Å². The quantitative estimate of drug-likeness (QED) is 0.751. The first-order valence-corrected chi connectivity index (χ1v) is 6.06. The lowest BCUT2D eigenvalue weighted by molar-refractivity contribution is 0.0210. The minimum Gasteiger partial charge on any atom is -0.490 e. The van der Waals surface area contributed by atoms with E-state index in [1.54, 1.807) is 19.2 Å². The first kappa shape index (κ1) is 12.1. The summed E-state index contributed by atoms with van der Waals surface area (Å²) in [6.07, 6.45) is 5.70. The van der Waals surface area contributed by atoms with E-state index in [1.165, 1.54) is 0 Å². The van der Waals surface area contributed by atoms with E-state index in [2.05, 4.69) is 0 Å². The highest BCUT2D eigenvalue weighted by molar-refractivity contribution is 5.74. The molecule has 1 aliphatic carbocycles. The average Bonchev–Trinajstić information content (AvgIpc) is 2.40. The minimum atomic E-state index is 0.232. The molecule has 0 amide bonds. The van der Waals surface area contributed by atoms with Gasteiger partial charge in [-0.3, -0.25) is 4.79 Å². The van der Waals surface area contributed by atoms with Gasteiger partial charge >= 0.3 is 0 Å². The van der Waals surface area contributed by atoms with Gasteiger partial charge < -0.3 is 9.47 Å². The average molecular weight is 234 g/mol. The van der Waals surface area contributed by atoms with Crippen LogP contribution in [0.3, 0.4) is 0 Å². The maximum Gasteiger partial charge on any atom is 0.150 e. The predicted octanol–water partition coefficient (Wildman–Crippen LogP) is 2.84. The molecule has 0 spiro atoms. The zero-order chi connectivity index (χ0) is 12.1. The fourth-order valence-corrected chi connectivity index (χ4v) is 2.24. The van der Waals surface area contributed by atoms with Crippen LogP contribution >= 0.6 is 0 Å². The maximum atomic E-state index is 10.5. The van der Waals surface area contributed by atoms with Crippen LogP contribution in [0, 0.1) is 0 Å². The summed E-state index contributed by atoms with van der Waals surface area (Å²) in [5.74, 6) is 0.831. The Bertz CT molecular complexity index is 358. The standard InChI is InChI=1S/C14H18O3/c1-16-13-3-2-4-14(9-13)17-12-7-5-11(10-15)6-8-12/h5-8,10,13-14H,2-4,9H2,1H3. The van der Waals surface area contributed by atoms with Crippen molar-refractivity contribution < 1.29 is 14.3 Å². The molecule has 3 nitrogen and oxygen atoms in total. The van der Waals surface area contributed by atoms with Gasteiger partial charge in [0.05, 0.1) is 6.10 Å². The molecule has 0 N–H and O–H groups in total. The zero-order valence-electron chi connectivity index (χ0n) is 10.1. The van der Waals surface area contributed by atoms with E-state index >= 15 is 0 Å². The van der Waals surface area contributed by atoms with Crippen molar-refractivity contribution in [3.05, 3.63) is 29.8 Å². The van der Waals surface area contributed by atoms with E-state index in [9.17, 15) is 4.79 Å². The van der Waals surface area contributed by atoms with Crippen molar-refractivity contribution in [2.75, 3.05) is 7.11 Å². The zero-order valence-corrected chi connectivity index (χ0v) is 10.1. The fraction of sp³-hybridized carbons (Fsp3) is 0.500. The summed E-state index contributed by atoms with van der Waals surface area (Å²) in [7, 11) is 1.76. The molecule has 1 aromatic carbocycles. The topological polar surface area (TPSA) is 35.5 Å². The molecular formula is C14H18O3. The van der Waals surface area contributed by atoms with Crippen molar-refractivity contribution in [2.24, 2.45) is 0 Å². The lowest BCUT2D eigenvalue weighted by Crippen LogP contribution is -2.29. The van der Waals surface area contributed by atoms with E-state index in [4.69, 9.17) is 9.47 Å². The van der Waals surface area contributed by atoms with Crippen LogP contribution in [0.4, 0.5) is 0 Å². The molecule has 0 radical (unpaired) electrons. The summed E-state index contributed by atoms with van der Waals surface area (Å²) < 4.78 is 11.3. The Morgan fingerprint density at radius 3 is 2.53 bits per heavy atom. The number of aldehydes is 1. The number of hydrogen-bond donors (Lipinski definition) is 0. The molecule has 0 heterocycles. The molecule has 2 unspecified atom stereocenters. The van der Waals surface area contributed by atoms with Gasteiger partial charge in [-0.05, 0) is 43.5 Å². The van der Waals surface area contributed by atoms with Crippen molar-refractivity contribution in [3.8, 4) is 5.75 Å². The first-order chi connectivity index (χ1) is 8.31. The van der Waals surface area contributed by atoms with Crippen LogP contribution in [0.25, 0.3) is 0 Å². The van der Waals surface area contributed by atoms with Gasteiger partial charge in [-0.25, -0.2) is 0 Å². The monoisotopic (exact) mass is 234 g/mol. The molecule has 1 aromatic rings. The highest BCUT2D eigenvalue weighted by Gasteiger charge is 2.22. The highest BCUT2D eigenvalue weighted by Crippen LogP contribution is 2.25. The molecule has 2 atom stereocenters. The smallest absolute Gasteiger partial charge is 0.150 e. The molecule has 0 aliphatic heterocycles. The Morgan fingerprint density at radius 2 is 1.88 bits per heavy atom. The lowest BCUT2D eigenvalue weighted by Gasteiger charge is -2.28. The fourth-order valence-electron chi connectivity index (χ4n) is 2.24. The third-order valence-corrected chi connectivity index (χ3v) is 3.23. The summed E-state index contributed by atoms with van der Waals surface area (Å²) in [5.41, 5.74) is 0.677. The van der Waals surface area contributed by atoms with E-state index in [1.807, 2.05) is 12.1 Å². The second kappa shape index (κ2) is 5.82. The molecule has 2 rings (SSSR count). The molecule has 17 heavy (non-hydrogen) atoms. The Labute approximate surface area is 102 Å². The molecular weight excluding hydrogens is 216 g/mol. The van der Waals surface area contributed by atoms with Gasteiger partial charge in [0.25, 0.3) is 0 Å². The largest absolute Gasteiger partial charge is 0.490 e. The highest BCUT2D eigenvalue weighted by atomic mass is 16.5. The van der Waals surface area contributed by atoms with Gasteiger partial charge in [-0.1, -0.05) is 0 Å². The maximum absolute atomic E-state index is 10.5. The van der Waals surface area contributed by atoms with Crippen LogP contribution in [0.2, 0.25) is 0 Å². The molecule has 3 heteroatoms. The second-order valence-corrected chi connectivity index (χ2v) is 4.45. The number of benzene rings is 1. The van der Waals surface area contributed by atoms with E-state index < -0.39 is 0 Å². The molecule has 0 aromatic heterocycles. The van der Waals surface area contributed by atoms with Gasteiger partial charge in [0.15, 0.2) is 0 Å². The number of methoxy groups -OCH3 is 1. The summed E-state index contributed by atoms with van der Waals surface area (Å²) in [6, 6.07) is 7.25. The minimum absolute atomic E-state index is 0.232. The van der Waals surface area contributed by atoms with Gasteiger partial charge in [0.1, 0.15) is 18.1 Å². The van der Waals surface area contributed by atoms with Crippen molar-refractivity contribution >= 4 is 6.29 Å². The molecule has 1 fully saturated rings. The van der Waals surface area contributed by atoms with Crippen LogP contribution in [0.1, 0.15) is 36.0 Å². The number of carbonyl (C=O) groups excluding carboxylic acids is 1. The summed E-state index contributed by atoms with van der Waals surface area (Å²) in [5, 5.41) is 0. The van der Waals surface area contributed by atoms with Crippen molar-refractivity contribution in [1.29, 1.82) is 0 Å². The first-order valence-electron chi connectivity index (χ1n) is 6.06. The predicted molar refractivity (Wildman–Crippen MR) is 65.5 cm³/mol. The Balaban J connectivity index is 1.92. The number of rotatable bonds is 4. The third-order valence-electron chi connectivity index (χ3n) is 3.23. The van der Waals surface area contributed by atoms with Crippen molar-refractivity contribution in [2.45, 2.75) is 37.9 Å². The Hall–Kier alpha value is -1.35. The Kier molecular flexibility index (Phi) is 4.15. The second-order valence-electron chi connectivity index (χ2n) is 4.45. The number of carbonyl (C=O) groups is 1. The summed E-state index contributed by atoms with van der Waals surface area (Å²) in [4.78, 5) is 10.5. The van der Waals surface area contributed by atoms with Gasteiger partial charge in [-0.2, -0.15) is 0 Å². The molecule has 92 valence electrons. The van der Waals surface area contributed by atoms with Crippen LogP contribution in [-0.2, 0) is 4.74 Å². The molecule has 1 aliphatic rings. The SMILES string of the molecule is COC1CCCC(Oc2ccc(C=O)cc2)C1. The van der Waals surface area contributed by atoms with Crippen LogP contribution in [-0.4, -0.2) is 25.6 Å². The third kappa shape index (κ3) is 3.30. The van der Waals surface area contributed by atoms with E-state index in [-0.39, 0.29) is 6.10 Å². The number of hydrogen-bond acceptors (Lipinski definition) is 3.